The van der Waals surface area contributed by atoms with Crippen molar-refractivity contribution in [2.75, 3.05) is 6.54 Å². The van der Waals surface area contributed by atoms with Gasteiger partial charge in [-0.05, 0) is 6.07 Å². The Morgan fingerprint density at radius 1 is 1.00 bits per heavy atom. The Labute approximate surface area is 185 Å². The number of fused-ring (bicyclic) bond motifs is 1. The molecule has 188 valence electrons. The maximum atomic E-state index is 10.7. The molecular weight excluding hydrogens is 486 g/mol. The van der Waals surface area contributed by atoms with Crippen LogP contribution in [-0.4, -0.2) is 72.2 Å². The highest BCUT2D eigenvalue weighted by Crippen LogP contribution is 2.24. The van der Waals surface area contributed by atoms with Gasteiger partial charge in [0.2, 0.25) is 5.88 Å². The molecule has 3 heterocycles. The van der Waals surface area contributed by atoms with Crippen LogP contribution in [0.3, 0.4) is 0 Å². The van der Waals surface area contributed by atoms with E-state index in [2.05, 4.69) is 15.2 Å². The van der Waals surface area contributed by atoms with Gasteiger partial charge in [0.05, 0.1) is 12.2 Å². The summed E-state index contributed by atoms with van der Waals surface area (Å²) in [6, 6.07) is 5.46. The minimum absolute atomic E-state index is 0.0308. The number of alkyl halides is 6. The molecule has 1 aliphatic heterocycles. The first kappa shape index (κ1) is 28.1. The van der Waals surface area contributed by atoms with Crippen LogP contribution in [0.15, 0.2) is 24.4 Å². The summed E-state index contributed by atoms with van der Waals surface area (Å²) in [4.78, 5) is 34.4. The average Bonchev–Trinajstić information content (AvgIpc) is 3.26. The molecule has 0 saturated heterocycles. The Morgan fingerprint density at radius 2 is 1.56 bits per heavy atom. The van der Waals surface area contributed by atoms with Gasteiger partial charge >= 0.3 is 30.3 Å². The summed E-state index contributed by atoms with van der Waals surface area (Å²) in [6.07, 6.45) is -8.50. The van der Waals surface area contributed by atoms with Gasteiger partial charge in [0.15, 0.2) is 0 Å². The van der Waals surface area contributed by atoms with Crippen molar-refractivity contribution in [1.82, 2.24) is 20.1 Å². The normalized spacial score (nSPS) is 13.0. The van der Waals surface area contributed by atoms with E-state index in [-0.39, 0.29) is 6.54 Å². The summed E-state index contributed by atoms with van der Waals surface area (Å²) in [5.74, 6) is -5.79. The number of carbonyl (C=O) groups is 3. The largest absolute Gasteiger partial charge is 0.490 e. The van der Waals surface area contributed by atoms with Gasteiger partial charge in [0.1, 0.15) is 12.3 Å². The lowest BCUT2D eigenvalue weighted by molar-refractivity contribution is -0.193. The quantitative estimate of drug-likeness (QED) is 0.445. The lowest BCUT2D eigenvalue weighted by Gasteiger charge is -2.11. The Hall–Kier alpha value is -3.89. The van der Waals surface area contributed by atoms with Gasteiger partial charge in [-0.3, -0.25) is 14.8 Å². The lowest BCUT2D eigenvalue weighted by atomic mass is 10.2. The molecule has 0 fully saturated rings. The number of H-pyrrole nitrogens is 1. The molecule has 17 heteroatoms. The van der Waals surface area contributed by atoms with Crippen LogP contribution >= 0.6 is 0 Å². The van der Waals surface area contributed by atoms with E-state index in [1.54, 1.807) is 12.3 Å². The molecule has 4 N–H and O–H groups in total. The van der Waals surface area contributed by atoms with Crippen molar-refractivity contribution in [1.29, 1.82) is 0 Å². The number of nitrogens with zero attached hydrogens (tertiary/aromatic N) is 3. The number of aromatic amines is 1. The molecule has 3 rings (SSSR count). The van der Waals surface area contributed by atoms with E-state index in [9.17, 15) is 31.1 Å². The topological polar surface area (TPSA) is 166 Å². The van der Waals surface area contributed by atoms with Crippen LogP contribution in [0, 0.1) is 0 Å². The molecule has 0 aliphatic carbocycles. The Bertz CT molecular complexity index is 955. The number of ether oxygens (including phenoxy) is 1. The zero-order valence-electron chi connectivity index (χ0n) is 16.7. The Kier molecular flexibility index (Phi) is 9.79. The monoisotopic (exact) mass is 502 g/mol. The summed E-state index contributed by atoms with van der Waals surface area (Å²) in [7, 11) is 0. The third-order valence-corrected chi connectivity index (χ3v) is 3.64. The molecule has 0 saturated carbocycles. The van der Waals surface area contributed by atoms with Crippen molar-refractivity contribution in [3.05, 3.63) is 41.3 Å². The van der Waals surface area contributed by atoms with Crippen molar-refractivity contribution < 1.29 is 60.8 Å². The molecule has 2 aromatic rings. The summed E-state index contributed by atoms with van der Waals surface area (Å²) in [5, 5.41) is 30.2. The average molecular weight is 502 g/mol. The van der Waals surface area contributed by atoms with E-state index < -0.39 is 30.3 Å². The highest BCUT2D eigenvalue weighted by Gasteiger charge is 2.38. The molecule has 0 unspecified atom stereocenters. The summed E-state index contributed by atoms with van der Waals surface area (Å²) in [6.45, 7) is 1.52. The van der Waals surface area contributed by atoms with E-state index in [1.165, 1.54) is 0 Å². The number of carboxylic acids is 3. The van der Waals surface area contributed by atoms with Gasteiger partial charge in [0.25, 0.3) is 0 Å². The Balaban J connectivity index is 0.000000343. The van der Waals surface area contributed by atoms with Crippen molar-refractivity contribution in [2.24, 2.45) is 0 Å². The Morgan fingerprint density at radius 3 is 2.00 bits per heavy atom. The predicted molar refractivity (Wildman–Crippen MR) is 96.3 cm³/mol. The molecular formula is C17H16F6N4O7. The third-order valence-electron chi connectivity index (χ3n) is 3.64. The maximum absolute atomic E-state index is 10.7. The van der Waals surface area contributed by atoms with Gasteiger partial charge < -0.3 is 20.1 Å². The van der Waals surface area contributed by atoms with Crippen molar-refractivity contribution in [3.63, 3.8) is 0 Å². The minimum atomic E-state index is -5.08. The predicted octanol–water partition coefficient (Wildman–Crippen LogP) is 2.05. The summed E-state index contributed by atoms with van der Waals surface area (Å²) in [5.41, 5.74) is 2.80. The fraction of sp³-hybridized carbons (Fsp3) is 0.353. The third kappa shape index (κ3) is 9.72. The number of rotatable bonds is 5. The fourth-order valence-corrected chi connectivity index (χ4v) is 2.26. The summed E-state index contributed by atoms with van der Waals surface area (Å²) < 4.78 is 69.0. The second-order valence-corrected chi connectivity index (χ2v) is 6.23. The fourth-order valence-electron chi connectivity index (χ4n) is 2.26. The number of halogens is 6. The van der Waals surface area contributed by atoms with Crippen molar-refractivity contribution >= 4 is 17.9 Å². The van der Waals surface area contributed by atoms with Crippen molar-refractivity contribution in [2.45, 2.75) is 32.0 Å². The molecule has 34 heavy (non-hydrogen) atoms. The minimum Gasteiger partial charge on any atom is -0.480 e. The van der Waals surface area contributed by atoms with E-state index in [4.69, 9.17) is 29.6 Å². The zero-order chi connectivity index (χ0) is 26.1. The van der Waals surface area contributed by atoms with E-state index >= 15 is 0 Å². The highest BCUT2D eigenvalue weighted by molar-refractivity contribution is 5.73. The van der Waals surface area contributed by atoms with Gasteiger partial charge in [-0.2, -0.15) is 31.4 Å². The van der Waals surface area contributed by atoms with E-state index in [0.29, 0.717) is 25.6 Å². The molecule has 0 atom stereocenters. The molecule has 0 radical (unpaired) electrons. The van der Waals surface area contributed by atoms with Crippen LogP contribution in [0.25, 0.3) is 0 Å². The first-order valence-electron chi connectivity index (χ1n) is 8.74. The molecule has 0 amide bonds. The SMILES string of the molecule is O=C(O)C(F)(F)F.O=C(O)C(F)(F)F.O=C(O)CN1Cc2[nH]nc(COc3ccccn3)c2C1. The first-order chi connectivity index (χ1) is 15.6. The smallest absolute Gasteiger partial charge is 0.480 e. The van der Waals surface area contributed by atoms with Crippen LogP contribution < -0.4 is 4.74 Å². The molecule has 1 aliphatic rings. The second-order valence-electron chi connectivity index (χ2n) is 6.23. The molecule has 0 aromatic carbocycles. The number of hydrogen-bond acceptors (Lipinski definition) is 7. The molecule has 0 spiro atoms. The first-order valence-corrected chi connectivity index (χ1v) is 8.74. The van der Waals surface area contributed by atoms with Gasteiger partial charge in [-0.1, -0.05) is 6.07 Å². The van der Waals surface area contributed by atoms with Crippen molar-refractivity contribution in [3.8, 4) is 5.88 Å². The van der Waals surface area contributed by atoms with Gasteiger partial charge in [0, 0.05) is 30.9 Å². The second kappa shape index (κ2) is 11.8. The number of aromatic nitrogens is 3. The van der Waals surface area contributed by atoms with Crippen LogP contribution in [-0.2, 0) is 34.1 Å². The summed E-state index contributed by atoms with van der Waals surface area (Å²) >= 11 is 0. The number of nitrogens with one attached hydrogen (secondary N) is 1. The van der Waals surface area contributed by atoms with E-state index in [0.717, 1.165) is 17.0 Å². The lowest BCUT2D eigenvalue weighted by Crippen LogP contribution is -2.24. The van der Waals surface area contributed by atoms with E-state index in [1.807, 2.05) is 17.0 Å². The number of hydrogen-bond donors (Lipinski definition) is 4. The van der Waals surface area contributed by atoms with Crippen LogP contribution in [0.4, 0.5) is 26.3 Å². The van der Waals surface area contributed by atoms with Gasteiger partial charge in [-0.25, -0.2) is 14.6 Å². The number of pyridine rings is 1. The number of aliphatic carboxylic acids is 3. The molecule has 0 bridgehead atoms. The van der Waals surface area contributed by atoms with Gasteiger partial charge in [-0.15, -0.1) is 0 Å². The zero-order valence-corrected chi connectivity index (χ0v) is 16.7. The molecule has 11 nitrogen and oxygen atoms in total. The van der Waals surface area contributed by atoms with Crippen LogP contribution in [0.2, 0.25) is 0 Å². The van der Waals surface area contributed by atoms with Crippen LogP contribution in [0.1, 0.15) is 17.0 Å². The number of carboxylic acid groups (broad SMARTS) is 3. The maximum Gasteiger partial charge on any atom is 0.490 e. The molecule has 2 aromatic heterocycles. The van der Waals surface area contributed by atoms with Crippen LogP contribution in [0.5, 0.6) is 5.88 Å². The highest BCUT2D eigenvalue weighted by atomic mass is 19.4. The standard InChI is InChI=1S/C13H14N4O3.2C2HF3O2/c18-13(19)7-17-5-9-10(6-17)15-16-11(9)8-20-12-3-1-2-4-14-12;2*3-2(4,5)1(6)7/h1-4H,5-8H2,(H,15,16)(H,18,19);2*(H,6,7).